The van der Waals surface area contributed by atoms with Crippen LogP contribution in [0.2, 0.25) is 0 Å². The molecule has 0 atom stereocenters. The first-order chi connectivity index (χ1) is 13.1. The summed E-state index contributed by atoms with van der Waals surface area (Å²) in [6.07, 6.45) is 2.11. The first kappa shape index (κ1) is 18.6. The van der Waals surface area contributed by atoms with E-state index in [4.69, 9.17) is 0 Å². The lowest BCUT2D eigenvalue weighted by Crippen LogP contribution is -2.12. The second kappa shape index (κ2) is 8.95. The number of anilines is 1. The van der Waals surface area contributed by atoms with Gasteiger partial charge in [0, 0.05) is 23.2 Å². The van der Waals surface area contributed by atoms with Crippen molar-refractivity contribution in [2.24, 2.45) is 0 Å². The van der Waals surface area contributed by atoms with E-state index in [-0.39, 0.29) is 11.7 Å². The maximum atomic E-state index is 12.7. The number of amides is 1. The fourth-order valence-corrected chi connectivity index (χ4v) is 3.01. The van der Waals surface area contributed by atoms with Gasteiger partial charge in [-0.05, 0) is 43.0 Å². The minimum absolute atomic E-state index is 0.0340. The Morgan fingerprint density at radius 1 is 0.852 bits per heavy atom. The van der Waals surface area contributed by atoms with Gasteiger partial charge in [-0.2, -0.15) is 0 Å². The molecule has 3 rings (SSSR count). The Kier molecular flexibility index (Phi) is 6.16. The van der Waals surface area contributed by atoms with E-state index < -0.39 is 0 Å². The van der Waals surface area contributed by atoms with E-state index >= 15 is 0 Å². The minimum atomic E-state index is -0.0344. The number of carbonyl (C=O) groups excluding carboxylic acids is 2. The van der Waals surface area contributed by atoms with E-state index in [1.807, 2.05) is 55.5 Å². The Morgan fingerprint density at radius 2 is 1.52 bits per heavy atom. The lowest BCUT2D eigenvalue weighted by Gasteiger charge is -2.10. The van der Waals surface area contributed by atoms with Gasteiger partial charge in [0.15, 0.2) is 5.78 Å². The number of carbonyl (C=O) groups is 2. The molecule has 0 bridgehead atoms. The summed E-state index contributed by atoms with van der Waals surface area (Å²) in [4.78, 5) is 25.0. The second-order valence-electron chi connectivity index (χ2n) is 6.61. The van der Waals surface area contributed by atoms with Crippen molar-refractivity contribution < 1.29 is 9.59 Å². The Hall–Kier alpha value is -3.20. The molecule has 0 radical (unpaired) electrons. The molecule has 0 aliphatic heterocycles. The molecule has 3 nitrogen and oxygen atoms in total. The van der Waals surface area contributed by atoms with E-state index in [1.54, 1.807) is 18.2 Å². The third kappa shape index (κ3) is 5.14. The molecule has 3 aromatic carbocycles. The van der Waals surface area contributed by atoms with Crippen LogP contribution < -0.4 is 5.32 Å². The third-order valence-corrected chi connectivity index (χ3v) is 4.51. The zero-order chi connectivity index (χ0) is 19.1. The summed E-state index contributed by atoms with van der Waals surface area (Å²) in [6, 6.07) is 24.8. The first-order valence-corrected chi connectivity index (χ1v) is 9.17. The van der Waals surface area contributed by atoms with E-state index in [9.17, 15) is 9.59 Å². The average molecular weight is 357 g/mol. The van der Waals surface area contributed by atoms with Gasteiger partial charge < -0.3 is 5.32 Å². The van der Waals surface area contributed by atoms with Gasteiger partial charge >= 0.3 is 0 Å². The molecule has 0 heterocycles. The Bertz CT molecular complexity index is 918. The molecule has 1 amide bonds. The monoisotopic (exact) mass is 357 g/mol. The molecule has 0 unspecified atom stereocenters. The maximum absolute atomic E-state index is 12.7. The number of hydrogen-bond acceptors (Lipinski definition) is 2. The predicted molar refractivity (Wildman–Crippen MR) is 109 cm³/mol. The van der Waals surface area contributed by atoms with Crippen molar-refractivity contribution in [3.8, 4) is 0 Å². The lowest BCUT2D eigenvalue weighted by molar-refractivity contribution is -0.116. The van der Waals surface area contributed by atoms with Crippen LogP contribution in [0.25, 0.3) is 0 Å². The van der Waals surface area contributed by atoms with E-state index in [0.29, 0.717) is 23.2 Å². The van der Waals surface area contributed by atoms with Gasteiger partial charge in [-0.15, -0.1) is 0 Å². The van der Waals surface area contributed by atoms with Crippen molar-refractivity contribution in [1.29, 1.82) is 0 Å². The van der Waals surface area contributed by atoms with Crippen LogP contribution in [0.1, 0.15) is 39.9 Å². The molecule has 136 valence electrons. The highest BCUT2D eigenvalue weighted by Gasteiger charge is 2.13. The maximum Gasteiger partial charge on any atom is 0.224 e. The Labute approximate surface area is 160 Å². The summed E-state index contributed by atoms with van der Waals surface area (Å²) in [5.41, 5.74) is 4.04. The van der Waals surface area contributed by atoms with Gasteiger partial charge in [0.1, 0.15) is 0 Å². The standard InChI is InChI=1S/C24H23NO2/c1-18-15-16-21(17-22(18)24(27)20-12-6-3-7-13-20)25-23(26)14-8-11-19-9-4-2-5-10-19/h2-7,9-10,12-13,15-17H,8,11,14H2,1H3,(H,25,26). The summed E-state index contributed by atoms with van der Waals surface area (Å²) in [7, 11) is 0. The number of hydrogen-bond donors (Lipinski definition) is 1. The van der Waals surface area contributed by atoms with Crippen molar-refractivity contribution >= 4 is 17.4 Å². The molecule has 3 heteroatoms. The van der Waals surface area contributed by atoms with Gasteiger partial charge in [-0.1, -0.05) is 66.7 Å². The SMILES string of the molecule is Cc1ccc(NC(=O)CCCc2ccccc2)cc1C(=O)c1ccccc1. The van der Waals surface area contributed by atoms with Crippen molar-refractivity contribution in [1.82, 2.24) is 0 Å². The zero-order valence-electron chi connectivity index (χ0n) is 15.4. The van der Waals surface area contributed by atoms with Crippen LogP contribution in [-0.4, -0.2) is 11.7 Å². The molecule has 0 aromatic heterocycles. The summed E-state index contributed by atoms with van der Waals surface area (Å²) < 4.78 is 0. The van der Waals surface area contributed by atoms with E-state index in [0.717, 1.165) is 18.4 Å². The van der Waals surface area contributed by atoms with Crippen molar-refractivity contribution in [3.05, 3.63) is 101 Å². The van der Waals surface area contributed by atoms with Crippen LogP contribution in [-0.2, 0) is 11.2 Å². The Morgan fingerprint density at radius 3 is 2.22 bits per heavy atom. The summed E-state index contributed by atoms with van der Waals surface area (Å²) in [6.45, 7) is 1.90. The van der Waals surface area contributed by atoms with Crippen LogP contribution in [0.5, 0.6) is 0 Å². The average Bonchev–Trinajstić information content (AvgIpc) is 2.70. The molecular formula is C24H23NO2. The molecular weight excluding hydrogens is 334 g/mol. The smallest absolute Gasteiger partial charge is 0.224 e. The van der Waals surface area contributed by atoms with Crippen LogP contribution in [0.3, 0.4) is 0 Å². The summed E-state index contributed by atoms with van der Waals surface area (Å²) >= 11 is 0. The molecule has 0 fully saturated rings. The highest BCUT2D eigenvalue weighted by atomic mass is 16.1. The van der Waals surface area contributed by atoms with Crippen LogP contribution >= 0.6 is 0 Å². The van der Waals surface area contributed by atoms with Crippen molar-refractivity contribution in [2.75, 3.05) is 5.32 Å². The summed E-state index contributed by atoms with van der Waals surface area (Å²) in [5.74, 6) is -0.0684. The van der Waals surface area contributed by atoms with Gasteiger partial charge in [-0.25, -0.2) is 0 Å². The fourth-order valence-electron chi connectivity index (χ4n) is 3.01. The number of benzene rings is 3. The lowest BCUT2D eigenvalue weighted by atomic mass is 9.98. The molecule has 27 heavy (non-hydrogen) atoms. The number of rotatable bonds is 7. The number of nitrogens with one attached hydrogen (secondary N) is 1. The molecule has 3 aromatic rings. The second-order valence-corrected chi connectivity index (χ2v) is 6.61. The predicted octanol–water partition coefficient (Wildman–Crippen LogP) is 5.19. The van der Waals surface area contributed by atoms with Crippen molar-refractivity contribution in [2.45, 2.75) is 26.2 Å². The van der Waals surface area contributed by atoms with Crippen LogP contribution in [0, 0.1) is 6.92 Å². The molecule has 0 saturated carbocycles. The van der Waals surface area contributed by atoms with Gasteiger partial charge in [0.2, 0.25) is 5.91 Å². The quantitative estimate of drug-likeness (QED) is 0.592. The van der Waals surface area contributed by atoms with E-state index in [2.05, 4.69) is 17.4 Å². The van der Waals surface area contributed by atoms with Crippen molar-refractivity contribution in [3.63, 3.8) is 0 Å². The van der Waals surface area contributed by atoms with E-state index in [1.165, 1.54) is 5.56 Å². The zero-order valence-corrected chi connectivity index (χ0v) is 15.4. The number of ketones is 1. The summed E-state index contributed by atoms with van der Waals surface area (Å²) in [5, 5.41) is 2.91. The topological polar surface area (TPSA) is 46.2 Å². The third-order valence-electron chi connectivity index (χ3n) is 4.51. The van der Waals surface area contributed by atoms with Gasteiger partial charge in [0.25, 0.3) is 0 Å². The van der Waals surface area contributed by atoms with Crippen LogP contribution in [0.15, 0.2) is 78.9 Å². The first-order valence-electron chi connectivity index (χ1n) is 9.17. The highest BCUT2D eigenvalue weighted by Crippen LogP contribution is 2.19. The number of aryl methyl sites for hydroxylation is 2. The van der Waals surface area contributed by atoms with Gasteiger partial charge in [-0.3, -0.25) is 9.59 Å². The highest BCUT2D eigenvalue weighted by molar-refractivity contribution is 6.10. The molecule has 0 aliphatic carbocycles. The largest absolute Gasteiger partial charge is 0.326 e. The molecule has 0 aliphatic rings. The molecule has 1 N–H and O–H groups in total. The van der Waals surface area contributed by atoms with Crippen LogP contribution in [0.4, 0.5) is 5.69 Å². The minimum Gasteiger partial charge on any atom is -0.326 e. The normalized spacial score (nSPS) is 10.4. The molecule has 0 spiro atoms. The fraction of sp³-hybridized carbons (Fsp3) is 0.167. The van der Waals surface area contributed by atoms with Gasteiger partial charge in [0.05, 0.1) is 0 Å². The Balaban J connectivity index is 1.62. The molecule has 0 saturated heterocycles.